The van der Waals surface area contributed by atoms with Crippen LogP contribution in [0.3, 0.4) is 0 Å². The van der Waals surface area contributed by atoms with E-state index in [1.165, 1.54) is 18.1 Å². The van der Waals surface area contributed by atoms with Gasteiger partial charge < -0.3 is 4.74 Å². The van der Waals surface area contributed by atoms with Crippen molar-refractivity contribution in [3.63, 3.8) is 0 Å². The number of rotatable bonds is 4. The van der Waals surface area contributed by atoms with Crippen molar-refractivity contribution in [1.82, 2.24) is 0 Å². The molecule has 0 radical (unpaired) electrons. The quantitative estimate of drug-likeness (QED) is 0.192. The summed E-state index contributed by atoms with van der Waals surface area (Å²) in [5, 5.41) is 0.278. The number of halogens is 6. The third-order valence-electron chi connectivity index (χ3n) is 2.83. The van der Waals surface area contributed by atoms with Crippen molar-refractivity contribution in [3.05, 3.63) is 65.7 Å². The topological polar surface area (TPSA) is 26.3 Å². The molecule has 0 amide bonds. The van der Waals surface area contributed by atoms with Crippen LogP contribution < -0.4 is 4.74 Å². The molecule has 0 aliphatic rings. The summed E-state index contributed by atoms with van der Waals surface area (Å²) in [6.45, 7) is 1.40. The Morgan fingerprint density at radius 2 is 1.42 bits per heavy atom. The molecule has 0 spiro atoms. The Morgan fingerprint density at radius 3 is 1.85 bits per heavy atom. The molecule has 0 aliphatic carbocycles. The third kappa shape index (κ3) is 12.6. The van der Waals surface area contributed by atoms with E-state index < -0.39 is 7.81 Å². The second-order valence-corrected chi connectivity index (χ2v) is 7.98. The fraction of sp³-hybridized carbons (Fsp3) is 0.188. The standard InChI is InChI=1S/C16H16O2S.F6P/c1-12(17)18-15-9-7-13(8-10-15)11-16(19)14-5-3-2-4-6-14;1-7(2,3,4,5)6/h2-10,16,19H,11H2,1H3;/q;-1/p+1. The summed E-state index contributed by atoms with van der Waals surface area (Å²) in [5.41, 5.74) is 2.45. The Kier molecular flexibility index (Phi) is 6.42. The monoisotopic (exact) mass is 418 g/mol. The maximum absolute atomic E-state index is 10.8. The van der Waals surface area contributed by atoms with E-state index in [1.54, 1.807) is 0 Å². The summed E-state index contributed by atoms with van der Waals surface area (Å²) in [4.78, 5) is 10.8. The van der Waals surface area contributed by atoms with E-state index in [0.717, 1.165) is 6.42 Å². The molecule has 0 fully saturated rings. The summed E-state index contributed by atoms with van der Waals surface area (Å²) in [7, 11) is -10.7. The first kappa shape index (κ1) is 22.3. The van der Waals surface area contributed by atoms with E-state index in [0.29, 0.717) is 5.75 Å². The summed E-state index contributed by atoms with van der Waals surface area (Å²) in [6.07, 6.45) is 0.890. The number of esters is 1. The van der Waals surface area contributed by atoms with Gasteiger partial charge in [0.05, 0.1) is 0 Å². The van der Waals surface area contributed by atoms with E-state index >= 15 is 0 Å². The first-order chi connectivity index (χ1) is 11.6. The second kappa shape index (κ2) is 7.48. The molecule has 0 N–H and O–H groups in total. The molecule has 2 rings (SSSR count). The number of hydrogen-bond donors (Lipinski definition) is 0. The van der Waals surface area contributed by atoms with Crippen LogP contribution in [0, 0.1) is 0 Å². The molecule has 1 unspecified atom stereocenters. The molecule has 0 bridgehead atoms. The van der Waals surface area contributed by atoms with Gasteiger partial charge in [-0.2, -0.15) is 0 Å². The predicted octanol–water partition coefficient (Wildman–Crippen LogP) is 6.29. The number of carbonyl (C=O) groups is 1. The van der Waals surface area contributed by atoms with Gasteiger partial charge in [0.1, 0.15) is 11.0 Å². The van der Waals surface area contributed by atoms with Gasteiger partial charge in [-0.15, -0.1) is 0 Å². The fourth-order valence-corrected chi connectivity index (χ4v) is 2.33. The van der Waals surface area contributed by atoms with Gasteiger partial charge in [-0.05, 0) is 30.3 Å². The second-order valence-electron chi connectivity index (χ2n) is 5.36. The number of ether oxygens (including phenoxy) is 1. The molecule has 2 aromatic rings. The summed E-state index contributed by atoms with van der Waals surface area (Å²) < 4.78 is 64.2. The van der Waals surface area contributed by atoms with Crippen molar-refractivity contribution in [1.29, 1.82) is 0 Å². The Bertz CT molecular complexity index is 721. The van der Waals surface area contributed by atoms with Crippen LogP contribution in [0.25, 0.3) is 0 Å². The number of benzene rings is 2. The van der Waals surface area contributed by atoms with Crippen molar-refractivity contribution in [2.75, 3.05) is 0 Å². The van der Waals surface area contributed by atoms with Crippen molar-refractivity contribution < 1.29 is 34.7 Å². The van der Waals surface area contributed by atoms with Gasteiger partial charge in [-0.3, -0.25) is 4.79 Å². The first-order valence-corrected chi connectivity index (χ1v) is 9.80. The van der Waals surface area contributed by atoms with Crippen LogP contribution in [0.1, 0.15) is 23.3 Å². The van der Waals surface area contributed by atoms with Gasteiger partial charge in [-0.25, -0.2) is 0 Å². The summed E-state index contributed by atoms with van der Waals surface area (Å²) in [5.74, 6) is 0.288. The van der Waals surface area contributed by atoms with Crippen LogP contribution in [-0.4, -0.2) is 5.97 Å². The minimum atomic E-state index is -10.7. The molecule has 2 aromatic carbocycles. The molecule has 0 heterocycles. The Labute approximate surface area is 151 Å². The van der Waals surface area contributed by atoms with E-state index in [2.05, 4.69) is 24.8 Å². The zero-order chi connectivity index (χ0) is 20.1. The van der Waals surface area contributed by atoms with Crippen molar-refractivity contribution in [2.24, 2.45) is 0 Å². The molecule has 0 saturated heterocycles. The molecule has 2 nitrogen and oxygen atoms in total. The van der Waals surface area contributed by atoms with Crippen LogP contribution in [0.4, 0.5) is 25.2 Å². The number of carbonyl (C=O) groups excluding carboxylic acids is 1. The van der Waals surface area contributed by atoms with E-state index in [1.807, 2.05) is 42.5 Å². The van der Waals surface area contributed by atoms with E-state index in [4.69, 9.17) is 4.74 Å². The van der Waals surface area contributed by atoms with Gasteiger partial charge in [0, 0.05) is 18.9 Å². The van der Waals surface area contributed by atoms with Crippen molar-refractivity contribution in [2.45, 2.75) is 18.6 Å². The third-order valence-corrected chi connectivity index (χ3v) is 3.36. The van der Waals surface area contributed by atoms with Gasteiger partial charge in [0.25, 0.3) is 0 Å². The predicted molar refractivity (Wildman–Crippen MR) is 94.4 cm³/mol. The SMILES string of the molecule is CC(=O)Oc1ccc(CC([SH2+])c2ccccc2)cc1.F[P-](F)(F)(F)(F)F. The van der Waals surface area contributed by atoms with Gasteiger partial charge >= 0.3 is 39.0 Å². The van der Waals surface area contributed by atoms with Crippen molar-refractivity contribution >= 4 is 26.4 Å². The Hall–Kier alpha value is -1.73. The molecule has 0 aliphatic heterocycles. The molecular weight excluding hydrogens is 401 g/mol. The fourth-order valence-electron chi connectivity index (χ4n) is 1.90. The average Bonchev–Trinajstić information content (AvgIpc) is 2.46. The average molecular weight is 418 g/mol. The molecule has 0 aromatic heterocycles. The van der Waals surface area contributed by atoms with Crippen LogP contribution in [-0.2, 0) is 23.8 Å². The summed E-state index contributed by atoms with van der Waals surface area (Å²) in [6, 6.07) is 17.9. The number of hydrogen-bond acceptors (Lipinski definition) is 2. The summed E-state index contributed by atoms with van der Waals surface area (Å²) >= 11 is 3.75. The zero-order valence-electron chi connectivity index (χ0n) is 13.5. The van der Waals surface area contributed by atoms with E-state index in [9.17, 15) is 30.0 Å². The first-order valence-electron chi connectivity index (χ1n) is 7.20. The molecule has 1 atom stereocenters. The van der Waals surface area contributed by atoms with Crippen LogP contribution in [0.5, 0.6) is 5.75 Å². The molecule has 0 saturated carbocycles. The Morgan fingerprint density at radius 1 is 0.962 bits per heavy atom. The molecule has 26 heavy (non-hydrogen) atoms. The minimum absolute atomic E-state index is 0.278. The van der Waals surface area contributed by atoms with E-state index in [-0.39, 0.29) is 11.2 Å². The Balaban J connectivity index is 0.000000412. The van der Waals surface area contributed by atoms with Gasteiger partial charge in [-0.1, -0.05) is 42.5 Å². The van der Waals surface area contributed by atoms with Gasteiger partial charge in [0.15, 0.2) is 0 Å². The molecule has 10 heteroatoms. The van der Waals surface area contributed by atoms with Crippen LogP contribution in [0.15, 0.2) is 54.6 Å². The molecular formula is C16H17F6O2PS. The van der Waals surface area contributed by atoms with Crippen LogP contribution >= 0.6 is 7.81 Å². The maximum atomic E-state index is 10.8. The normalized spacial score (nSPS) is 14.9. The van der Waals surface area contributed by atoms with Crippen molar-refractivity contribution in [3.8, 4) is 5.75 Å². The van der Waals surface area contributed by atoms with Crippen LogP contribution in [0.2, 0.25) is 0 Å². The molecule has 146 valence electrons. The zero-order valence-corrected chi connectivity index (χ0v) is 15.4. The van der Waals surface area contributed by atoms with Gasteiger partial charge in [0.2, 0.25) is 0 Å².